The van der Waals surface area contributed by atoms with Crippen LogP contribution in [0.1, 0.15) is 11.6 Å². The van der Waals surface area contributed by atoms with Crippen LogP contribution >= 0.6 is 0 Å². The highest BCUT2D eigenvalue weighted by molar-refractivity contribution is 6.11. The molecule has 0 saturated carbocycles. The zero-order valence-corrected chi connectivity index (χ0v) is 13.6. The molecule has 0 unspecified atom stereocenters. The summed E-state index contributed by atoms with van der Waals surface area (Å²) in [5.41, 5.74) is 2.85. The van der Waals surface area contributed by atoms with E-state index in [1.165, 1.54) is 4.90 Å². The van der Waals surface area contributed by atoms with Crippen LogP contribution < -0.4 is 10.2 Å². The van der Waals surface area contributed by atoms with E-state index in [1.807, 2.05) is 30.3 Å². The summed E-state index contributed by atoms with van der Waals surface area (Å²) in [5, 5.41) is 12.4. The number of aromatic hydroxyl groups is 1. The van der Waals surface area contributed by atoms with E-state index in [9.17, 15) is 14.7 Å². The van der Waals surface area contributed by atoms with E-state index in [0.29, 0.717) is 23.5 Å². The van der Waals surface area contributed by atoms with Crippen LogP contribution in [0.3, 0.4) is 0 Å². The molecule has 25 heavy (non-hydrogen) atoms. The molecule has 0 bridgehead atoms. The molecular formula is C19H17N3O3. The number of amides is 3. The van der Waals surface area contributed by atoms with Crippen LogP contribution in [-0.2, 0) is 4.79 Å². The van der Waals surface area contributed by atoms with Gasteiger partial charge in [0.25, 0.3) is 5.91 Å². The van der Waals surface area contributed by atoms with Crippen molar-refractivity contribution < 1.29 is 14.7 Å². The Morgan fingerprint density at radius 1 is 1.04 bits per heavy atom. The predicted octanol–water partition coefficient (Wildman–Crippen LogP) is 2.39. The summed E-state index contributed by atoms with van der Waals surface area (Å²) in [6.45, 7) is 0.326. The van der Waals surface area contributed by atoms with Crippen LogP contribution in [0.25, 0.3) is 0 Å². The van der Waals surface area contributed by atoms with Crippen molar-refractivity contribution in [3.8, 4) is 5.75 Å². The van der Waals surface area contributed by atoms with Crippen molar-refractivity contribution in [2.75, 3.05) is 18.5 Å². The van der Waals surface area contributed by atoms with Crippen molar-refractivity contribution in [1.82, 2.24) is 10.2 Å². The summed E-state index contributed by atoms with van der Waals surface area (Å²) in [5.74, 6) is 0.00522. The fourth-order valence-electron chi connectivity index (χ4n) is 3.30. The van der Waals surface area contributed by atoms with E-state index < -0.39 is 6.04 Å². The first-order valence-corrected chi connectivity index (χ1v) is 7.99. The molecule has 2 aromatic carbocycles. The van der Waals surface area contributed by atoms with Gasteiger partial charge in [-0.25, -0.2) is 4.79 Å². The van der Waals surface area contributed by atoms with Gasteiger partial charge in [-0.05, 0) is 29.8 Å². The minimum Gasteiger partial charge on any atom is -0.508 e. The Bertz CT molecular complexity index is 875. The lowest BCUT2D eigenvalue weighted by molar-refractivity contribution is -0.114. The van der Waals surface area contributed by atoms with Gasteiger partial charge in [0.05, 0.1) is 23.9 Å². The number of phenolic OH excluding ortho intramolecular Hbond substituents is 1. The first kappa shape index (κ1) is 15.3. The summed E-state index contributed by atoms with van der Waals surface area (Å²) in [4.78, 5) is 28.5. The monoisotopic (exact) mass is 335 g/mol. The fraction of sp³-hybridized carbons (Fsp3) is 0.158. The summed E-state index contributed by atoms with van der Waals surface area (Å²) >= 11 is 0. The lowest BCUT2D eigenvalue weighted by Gasteiger charge is -2.31. The van der Waals surface area contributed by atoms with Gasteiger partial charge in [0.2, 0.25) is 0 Å². The van der Waals surface area contributed by atoms with Crippen molar-refractivity contribution in [3.05, 3.63) is 71.4 Å². The zero-order valence-electron chi connectivity index (χ0n) is 13.6. The number of nitrogens with zero attached hydrogens (tertiary/aromatic N) is 2. The van der Waals surface area contributed by atoms with Crippen LogP contribution in [0.4, 0.5) is 10.5 Å². The molecule has 4 rings (SSSR count). The number of hydrogen-bond donors (Lipinski definition) is 2. The van der Waals surface area contributed by atoms with E-state index in [1.54, 1.807) is 36.2 Å². The molecule has 0 spiro atoms. The van der Waals surface area contributed by atoms with Crippen molar-refractivity contribution in [3.63, 3.8) is 0 Å². The van der Waals surface area contributed by atoms with Gasteiger partial charge in [-0.1, -0.05) is 30.3 Å². The molecule has 2 aliphatic heterocycles. The van der Waals surface area contributed by atoms with Gasteiger partial charge >= 0.3 is 6.03 Å². The van der Waals surface area contributed by atoms with Gasteiger partial charge in [0.1, 0.15) is 5.75 Å². The highest BCUT2D eigenvalue weighted by Gasteiger charge is 2.43. The zero-order chi connectivity index (χ0) is 17.6. The Balaban J connectivity index is 1.76. The van der Waals surface area contributed by atoms with Crippen molar-refractivity contribution in [2.45, 2.75) is 6.04 Å². The molecule has 6 nitrogen and oxygen atoms in total. The smallest absolute Gasteiger partial charge is 0.322 e. The van der Waals surface area contributed by atoms with Gasteiger partial charge < -0.3 is 15.3 Å². The van der Waals surface area contributed by atoms with Gasteiger partial charge in [-0.2, -0.15) is 0 Å². The number of hydrogen-bond acceptors (Lipinski definition) is 3. The fourth-order valence-corrected chi connectivity index (χ4v) is 3.30. The quantitative estimate of drug-likeness (QED) is 0.885. The first-order valence-electron chi connectivity index (χ1n) is 7.99. The van der Waals surface area contributed by atoms with Crippen molar-refractivity contribution in [1.29, 1.82) is 0 Å². The topological polar surface area (TPSA) is 72.9 Å². The molecule has 1 atom stereocenters. The Labute approximate surface area is 145 Å². The molecule has 2 aromatic rings. The molecule has 6 heteroatoms. The molecule has 2 N–H and O–H groups in total. The molecule has 0 aromatic heterocycles. The average Bonchev–Trinajstić information content (AvgIpc) is 2.97. The molecule has 0 aliphatic carbocycles. The Kier molecular flexibility index (Phi) is 3.46. The standard InChI is InChI=1S/C19H17N3O3/c1-21-15-11-22(13-7-9-14(23)10-8-13)18(24)16(15)17(20-19(21)25)12-5-3-2-4-6-12/h2-10,17,23H,11H2,1H3,(H,20,25)/t17-/m1/s1. The highest BCUT2D eigenvalue weighted by atomic mass is 16.3. The third-order valence-corrected chi connectivity index (χ3v) is 4.65. The minimum absolute atomic E-state index is 0.138. The van der Waals surface area contributed by atoms with E-state index in [0.717, 1.165) is 5.56 Å². The number of rotatable bonds is 2. The largest absolute Gasteiger partial charge is 0.508 e. The van der Waals surface area contributed by atoms with E-state index in [2.05, 4.69) is 5.32 Å². The van der Waals surface area contributed by atoms with Crippen molar-refractivity contribution in [2.24, 2.45) is 0 Å². The number of anilines is 1. The Morgan fingerprint density at radius 2 is 1.72 bits per heavy atom. The lowest BCUT2D eigenvalue weighted by Crippen LogP contribution is -2.45. The third-order valence-electron chi connectivity index (χ3n) is 4.65. The summed E-state index contributed by atoms with van der Waals surface area (Å²) in [6.07, 6.45) is 0. The second-order valence-corrected chi connectivity index (χ2v) is 6.12. The van der Waals surface area contributed by atoms with Gasteiger partial charge in [0.15, 0.2) is 0 Å². The van der Waals surface area contributed by atoms with Crippen LogP contribution in [0.2, 0.25) is 0 Å². The molecule has 0 radical (unpaired) electrons. The second-order valence-electron chi connectivity index (χ2n) is 6.12. The molecule has 0 fully saturated rings. The predicted molar refractivity (Wildman–Crippen MR) is 93.0 cm³/mol. The number of nitrogens with one attached hydrogen (secondary N) is 1. The average molecular weight is 335 g/mol. The number of carbonyl (C=O) groups is 2. The van der Waals surface area contributed by atoms with E-state index >= 15 is 0 Å². The Morgan fingerprint density at radius 3 is 2.40 bits per heavy atom. The number of phenols is 1. The number of urea groups is 1. The minimum atomic E-state index is -0.463. The van der Waals surface area contributed by atoms with Crippen LogP contribution in [-0.4, -0.2) is 35.5 Å². The van der Waals surface area contributed by atoms with Crippen LogP contribution in [0, 0.1) is 0 Å². The van der Waals surface area contributed by atoms with Crippen LogP contribution in [0.15, 0.2) is 65.9 Å². The summed E-state index contributed by atoms with van der Waals surface area (Å²) < 4.78 is 0. The highest BCUT2D eigenvalue weighted by Crippen LogP contribution is 2.37. The normalized spacial score (nSPS) is 20.0. The molecule has 2 heterocycles. The lowest BCUT2D eigenvalue weighted by atomic mass is 9.96. The maximum Gasteiger partial charge on any atom is 0.322 e. The summed E-state index contributed by atoms with van der Waals surface area (Å²) in [7, 11) is 1.67. The van der Waals surface area contributed by atoms with Crippen LogP contribution in [0.5, 0.6) is 5.75 Å². The van der Waals surface area contributed by atoms with Gasteiger partial charge in [0, 0.05) is 12.7 Å². The number of benzene rings is 2. The maximum atomic E-state index is 13.1. The molecule has 3 amide bonds. The van der Waals surface area contributed by atoms with E-state index in [4.69, 9.17) is 0 Å². The number of carbonyl (C=O) groups excluding carboxylic acids is 2. The SMILES string of the molecule is CN1C(=O)N[C@H](c2ccccc2)C2=C1CN(c1ccc(O)cc1)C2=O. The van der Waals surface area contributed by atoms with Gasteiger partial charge in [-0.15, -0.1) is 0 Å². The molecule has 2 aliphatic rings. The summed E-state index contributed by atoms with van der Waals surface area (Å²) in [6, 6.07) is 15.3. The molecule has 0 saturated heterocycles. The van der Waals surface area contributed by atoms with E-state index in [-0.39, 0.29) is 17.7 Å². The first-order chi connectivity index (χ1) is 12.1. The molecular weight excluding hydrogens is 318 g/mol. The van der Waals surface area contributed by atoms with Crippen molar-refractivity contribution >= 4 is 17.6 Å². The van der Waals surface area contributed by atoms with Gasteiger partial charge in [-0.3, -0.25) is 9.69 Å². The Hall–Kier alpha value is -3.28. The number of likely N-dealkylation sites (N-methyl/N-ethyl adjacent to an activating group) is 1. The molecule has 126 valence electrons. The third kappa shape index (κ3) is 2.42. The second kappa shape index (κ2) is 5.66. The maximum absolute atomic E-state index is 13.1.